The van der Waals surface area contributed by atoms with Crippen molar-refractivity contribution < 1.29 is 4.42 Å². The summed E-state index contributed by atoms with van der Waals surface area (Å²) in [6.07, 6.45) is 0.722. The minimum absolute atomic E-state index is 0.0579. The Balaban J connectivity index is 1.92. The number of hydrogen-bond acceptors (Lipinski definition) is 5. The molecule has 0 spiro atoms. The average molecular weight is 251 g/mol. The van der Waals surface area contributed by atoms with Crippen molar-refractivity contribution in [1.82, 2.24) is 15.5 Å². The number of aromatic nitrogens is 2. The van der Waals surface area contributed by atoms with Crippen LogP contribution in [0, 0.1) is 0 Å². The molecule has 1 N–H and O–H groups in total. The Labute approximate surface area is 105 Å². The van der Waals surface area contributed by atoms with Crippen LogP contribution in [0.4, 0.5) is 0 Å². The number of thiophene rings is 1. The molecule has 0 unspecified atom stereocenters. The average Bonchev–Trinajstić information content (AvgIpc) is 2.86. The fraction of sp³-hybridized carbons (Fsp3) is 0.500. The van der Waals surface area contributed by atoms with Gasteiger partial charge in [0.05, 0.1) is 13.0 Å². The zero-order valence-electron chi connectivity index (χ0n) is 10.4. The van der Waals surface area contributed by atoms with E-state index in [4.69, 9.17) is 4.42 Å². The van der Waals surface area contributed by atoms with Gasteiger partial charge in [0.1, 0.15) is 0 Å². The fourth-order valence-corrected chi connectivity index (χ4v) is 2.03. The van der Waals surface area contributed by atoms with Crippen molar-refractivity contribution in [3.63, 3.8) is 0 Å². The molecule has 2 heterocycles. The van der Waals surface area contributed by atoms with Crippen molar-refractivity contribution in [2.45, 2.75) is 39.3 Å². The maximum Gasteiger partial charge on any atom is 0.230 e. The highest BCUT2D eigenvalue weighted by atomic mass is 32.1. The maximum absolute atomic E-state index is 5.57. The maximum atomic E-state index is 5.57. The van der Waals surface area contributed by atoms with Crippen LogP contribution >= 0.6 is 11.3 Å². The van der Waals surface area contributed by atoms with Gasteiger partial charge in [-0.25, -0.2) is 0 Å². The lowest BCUT2D eigenvalue weighted by molar-refractivity contribution is 0.373. The van der Waals surface area contributed by atoms with E-state index in [-0.39, 0.29) is 5.54 Å². The molecule has 4 nitrogen and oxygen atoms in total. The van der Waals surface area contributed by atoms with E-state index in [1.54, 1.807) is 11.3 Å². The highest BCUT2D eigenvalue weighted by Gasteiger charge is 2.12. The monoisotopic (exact) mass is 251 g/mol. The van der Waals surface area contributed by atoms with Crippen molar-refractivity contribution in [2.75, 3.05) is 0 Å². The zero-order valence-corrected chi connectivity index (χ0v) is 11.2. The van der Waals surface area contributed by atoms with Gasteiger partial charge < -0.3 is 9.73 Å². The fourth-order valence-electron chi connectivity index (χ4n) is 1.33. The molecule has 0 amide bonds. The summed E-state index contributed by atoms with van der Waals surface area (Å²) >= 11 is 1.70. The quantitative estimate of drug-likeness (QED) is 0.907. The van der Waals surface area contributed by atoms with Crippen LogP contribution in [0.1, 0.15) is 37.4 Å². The molecule has 5 heteroatoms. The Morgan fingerprint density at radius 1 is 1.29 bits per heavy atom. The topological polar surface area (TPSA) is 51.0 Å². The first-order valence-electron chi connectivity index (χ1n) is 5.61. The molecule has 0 saturated carbocycles. The third kappa shape index (κ3) is 3.94. The number of rotatable bonds is 4. The number of nitrogens with zero attached hydrogens (tertiary/aromatic N) is 2. The van der Waals surface area contributed by atoms with Crippen LogP contribution in [0.25, 0.3) is 0 Å². The van der Waals surface area contributed by atoms with Crippen molar-refractivity contribution >= 4 is 11.3 Å². The van der Waals surface area contributed by atoms with E-state index in [9.17, 15) is 0 Å². The Kier molecular flexibility index (Phi) is 3.59. The van der Waals surface area contributed by atoms with Gasteiger partial charge in [0, 0.05) is 10.4 Å². The molecule has 0 fully saturated rings. The summed E-state index contributed by atoms with van der Waals surface area (Å²) < 4.78 is 5.57. The lowest BCUT2D eigenvalue weighted by atomic mass is 10.1. The summed E-state index contributed by atoms with van der Waals surface area (Å²) in [5.41, 5.74) is 0.0579. The molecule has 0 atom stereocenters. The first kappa shape index (κ1) is 12.3. The van der Waals surface area contributed by atoms with Crippen molar-refractivity contribution in [1.29, 1.82) is 0 Å². The van der Waals surface area contributed by atoms with E-state index in [1.807, 2.05) is 11.4 Å². The largest absolute Gasteiger partial charge is 0.423 e. The van der Waals surface area contributed by atoms with E-state index >= 15 is 0 Å². The summed E-state index contributed by atoms with van der Waals surface area (Å²) in [7, 11) is 0. The van der Waals surface area contributed by atoms with Gasteiger partial charge in [0.15, 0.2) is 0 Å². The van der Waals surface area contributed by atoms with Crippen LogP contribution in [0.3, 0.4) is 0 Å². The molecular weight excluding hydrogens is 234 g/mol. The predicted molar refractivity (Wildman–Crippen MR) is 68.0 cm³/mol. The van der Waals surface area contributed by atoms with Gasteiger partial charge in [0.25, 0.3) is 0 Å². The van der Waals surface area contributed by atoms with Crippen molar-refractivity contribution in [3.8, 4) is 0 Å². The molecule has 0 aliphatic carbocycles. The third-order valence-corrected chi connectivity index (χ3v) is 3.06. The van der Waals surface area contributed by atoms with Gasteiger partial charge in [-0.2, -0.15) is 0 Å². The summed E-state index contributed by atoms with van der Waals surface area (Å²) in [5.74, 6) is 1.32. The highest BCUT2D eigenvalue weighted by molar-refractivity contribution is 7.09. The van der Waals surface area contributed by atoms with E-state index in [1.165, 1.54) is 4.88 Å². The highest BCUT2D eigenvalue weighted by Crippen LogP contribution is 2.14. The number of nitrogens with one attached hydrogen (secondary N) is 1. The van der Waals surface area contributed by atoms with Gasteiger partial charge in [-0.3, -0.25) is 0 Å². The van der Waals surface area contributed by atoms with Crippen LogP contribution in [-0.2, 0) is 13.0 Å². The molecule has 0 aromatic carbocycles. The van der Waals surface area contributed by atoms with Crippen LogP contribution in [0.5, 0.6) is 0 Å². The van der Waals surface area contributed by atoms with Crippen LogP contribution < -0.4 is 5.32 Å². The predicted octanol–water partition coefficient (Wildman–Crippen LogP) is 2.61. The normalized spacial score (nSPS) is 11.9. The minimum Gasteiger partial charge on any atom is -0.423 e. The molecule has 2 rings (SSSR count). The lowest BCUT2D eigenvalue weighted by Crippen LogP contribution is -2.35. The smallest absolute Gasteiger partial charge is 0.230 e. The van der Waals surface area contributed by atoms with Crippen LogP contribution in [0.2, 0.25) is 0 Å². The molecule has 92 valence electrons. The van der Waals surface area contributed by atoms with Crippen LogP contribution in [0.15, 0.2) is 21.9 Å². The molecular formula is C12H17N3OS. The molecule has 0 saturated heterocycles. The summed E-state index contributed by atoms with van der Waals surface area (Å²) in [5, 5.41) is 13.4. The standard InChI is InChI=1S/C12H17N3OS/c1-12(2,3)13-8-11-15-14-10(16-11)7-9-5-4-6-17-9/h4-6,13H,7-8H2,1-3H3. The first-order valence-corrected chi connectivity index (χ1v) is 6.49. The molecule has 0 aliphatic heterocycles. The Morgan fingerprint density at radius 3 is 2.71 bits per heavy atom. The molecule has 0 radical (unpaired) electrons. The van der Waals surface area contributed by atoms with Crippen molar-refractivity contribution in [3.05, 3.63) is 34.2 Å². The van der Waals surface area contributed by atoms with E-state index < -0.39 is 0 Å². The second kappa shape index (κ2) is 4.98. The molecule has 0 bridgehead atoms. The van der Waals surface area contributed by atoms with Gasteiger partial charge in [-0.15, -0.1) is 21.5 Å². The summed E-state index contributed by atoms with van der Waals surface area (Å²) in [4.78, 5) is 1.24. The van der Waals surface area contributed by atoms with Gasteiger partial charge in [0.2, 0.25) is 11.8 Å². The molecule has 2 aromatic rings. The Bertz CT molecular complexity index is 456. The molecule has 17 heavy (non-hydrogen) atoms. The van der Waals surface area contributed by atoms with E-state index in [0.717, 1.165) is 6.42 Å². The SMILES string of the molecule is CC(C)(C)NCc1nnc(Cc2cccs2)o1. The van der Waals surface area contributed by atoms with E-state index in [2.05, 4.69) is 42.4 Å². The van der Waals surface area contributed by atoms with Gasteiger partial charge in [-0.05, 0) is 32.2 Å². The van der Waals surface area contributed by atoms with Crippen molar-refractivity contribution in [2.24, 2.45) is 0 Å². The summed E-state index contributed by atoms with van der Waals surface area (Å²) in [6.45, 7) is 6.93. The second-order valence-electron chi connectivity index (χ2n) is 4.95. The minimum atomic E-state index is 0.0579. The Hall–Kier alpha value is -1.20. The van der Waals surface area contributed by atoms with Crippen LogP contribution in [-0.4, -0.2) is 15.7 Å². The van der Waals surface area contributed by atoms with E-state index in [0.29, 0.717) is 18.3 Å². The van der Waals surface area contributed by atoms with Gasteiger partial charge in [-0.1, -0.05) is 6.07 Å². The molecule has 0 aliphatic rings. The second-order valence-corrected chi connectivity index (χ2v) is 5.98. The lowest BCUT2D eigenvalue weighted by Gasteiger charge is -2.18. The van der Waals surface area contributed by atoms with Gasteiger partial charge >= 0.3 is 0 Å². The zero-order chi connectivity index (χ0) is 12.3. The molecule has 2 aromatic heterocycles. The third-order valence-electron chi connectivity index (χ3n) is 2.18. The Morgan fingerprint density at radius 2 is 2.06 bits per heavy atom. The first-order chi connectivity index (χ1) is 8.03. The number of hydrogen-bond donors (Lipinski definition) is 1. The summed E-state index contributed by atoms with van der Waals surface area (Å²) in [6, 6.07) is 4.10.